The number of amides is 1. The average Bonchev–Trinajstić information content (AvgIpc) is 3.01. The molecule has 3 heterocycles. The van der Waals surface area contributed by atoms with Gasteiger partial charge in [0.2, 0.25) is 11.9 Å². The molecule has 0 fully saturated rings. The van der Waals surface area contributed by atoms with Crippen molar-refractivity contribution in [3.8, 4) is 5.75 Å². The molecule has 0 bridgehead atoms. The molecule has 1 atom stereocenters. The summed E-state index contributed by atoms with van der Waals surface area (Å²) in [6, 6.07) is 0. The summed E-state index contributed by atoms with van der Waals surface area (Å²) in [4.78, 5) is 27.4. The number of carbonyl (C=O) groups is 1. The smallest absolute Gasteiger partial charge is 0.223 e. The Labute approximate surface area is 180 Å². The van der Waals surface area contributed by atoms with Gasteiger partial charge in [-0.05, 0) is 25.0 Å². The van der Waals surface area contributed by atoms with Gasteiger partial charge >= 0.3 is 0 Å². The lowest BCUT2D eigenvalue weighted by molar-refractivity contribution is -0.121. The van der Waals surface area contributed by atoms with Gasteiger partial charge in [-0.15, -0.1) is 0 Å². The molecule has 10 heteroatoms. The number of rotatable bonds is 8. The molecule has 1 unspecified atom stereocenters. The fourth-order valence-corrected chi connectivity index (χ4v) is 4.12. The van der Waals surface area contributed by atoms with Crippen molar-refractivity contribution in [1.29, 1.82) is 0 Å². The fraction of sp³-hybridized carbons (Fsp3) is 0.500. The third kappa shape index (κ3) is 4.57. The number of nitrogens with zero attached hydrogens (tertiary/aromatic N) is 4. The molecule has 2 aromatic rings. The summed E-state index contributed by atoms with van der Waals surface area (Å²) < 4.78 is 10.5. The number of aryl methyl sites for hydroxylation is 1. The van der Waals surface area contributed by atoms with E-state index >= 15 is 0 Å². The van der Waals surface area contributed by atoms with Gasteiger partial charge in [-0.3, -0.25) is 9.78 Å². The van der Waals surface area contributed by atoms with E-state index in [0.29, 0.717) is 32.1 Å². The van der Waals surface area contributed by atoms with Crippen LogP contribution >= 0.6 is 11.6 Å². The van der Waals surface area contributed by atoms with E-state index in [9.17, 15) is 4.79 Å². The SMILES string of the molecule is COCCNC(=O)CC1CN(Cc2cnc(C)c(OC)c2C)c2nc(N)nc(Cl)c21. The second-order valence-corrected chi connectivity index (χ2v) is 7.62. The molecular weight excluding hydrogens is 408 g/mol. The van der Waals surface area contributed by atoms with E-state index < -0.39 is 0 Å². The zero-order valence-electron chi connectivity index (χ0n) is 17.7. The predicted molar refractivity (Wildman–Crippen MR) is 115 cm³/mol. The summed E-state index contributed by atoms with van der Waals surface area (Å²) in [6.07, 6.45) is 2.11. The number of nitrogens with two attached hydrogens (primary N) is 1. The summed E-state index contributed by atoms with van der Waals surface area (Å²) in [5, 5.41) is 3.13. The number of hydrogen-bond acceptors (Lipinski definition) is 8. The van der Waals surface area contributed by atoms with Crippen LogP contribution in [0.5, 0.6) is 5.75 Å². The molecule has 0 saturated carbocycles. The van der Waals surface area contributed by atoms with Gasteiger partial charge in [-0.2, -0.15) is 4.98 Å². The van der Waals surface area contributed by atoms with Gasteiger partial charge in [-0.25, -0.2) is 4.98 Å². The number of aromatic nitrogens is 3. The summed E-state index contributed by atoms with van der Waals surface area (Å²) in [7, 11) is 3.23. The highest BCUT2D eigenvalue weighted by Crippen LogP contribution is 2.42. The van der Waals surface area contributed by atoms with Gasteiger partial charge in [0.25, 0.3) is 0 Å². The van der Waals surface area contributed by atoms with Gasteiger partial charge in [0.1, 0.15) is 16.7 Å². The van der Waals surface area contributed by atoms with E-state index in [4.69, 9.17) is 26.8 Å². The summed E-state index contributed by atoms with van der Waals surface area (Å²) >= 11 is 6.41. The largest absolute Gasteiger partial charge is 0.495 e. The minimum atomic E-state index is -0.142. The molecule has 3 rings (SSSR count). The van der Waals surface area contributed by atoms with E-state index in [2.05, 4.69) is 25.2 Å². The molecule has 0 spiro atoms. The first-order chi connectivity index (χ1) is 14.3. The minimum absolute atomic E-state index is 0.0763. The van der Waals surface area contributed by atoms with Crippen molar-refractivity contribution in [2.24, 2.45) is 0 Å². The van der Waals surface area contributed by atoms with Crippen LogP contribution in [0.15, 0.2) is 6.20 Å². The van der Waals surface area contributed by atoms with Crippen molar-refractivity contribution in [1.82, 2.24) is 20.3 Å². The third-order valence-corrected chi connectivity index (χ3v) is 5.52. The second-order valence-electron chi connectivity index (χ2n) is 7.26. The van der Waals surface area contributed by atoms with Crippen LogP contribution in [0.2, 0.25) is 5.15 Å². The molecule has 2 aromatic heterocycles. The van der Waals surface area contributed by atoms with Gasteiger partial charge in [0, 0.05) is 50.8 Å². The molecular formula is C20H27ClN6O3. The zero-order valence-corrected chi connectivity index (χ0v) is 18.4. The molecule has 30 heavy (non-hydrogen) atoms. The Morgan fingerprint density at radius 3 is 2.83 bits per heavy atom. The number of hydrogen-bond donors (Lipinski definition) is 2. The Hall–Kier alpha value is -2.65. The second kappa shape index (κ2) is 9.44. The number of halogens is 1. The predicted octanol–water partition coefficient (Wildman–Crippen LogP) is 1.99. The van der Waals surface area contributed by atoms with Crippen LogP contribution in [0, 0.1) is 13.8 Å². The van der Waals surface area contributed by atoms with Crippen molar-refractivity contribution in [2.45, 2.75) is 32.7 Å². The first-order valence-corrected chi connectivity index (χ1v) is 10.1. The van der Waals surface area contributed by atoms with E-state index in [1.807, 2.05) is 20.0 Å². The average molecular weight is 435 g/mol. The number of methoxy groups -OCH3 is 2. The monoisotopic (exact) mass is 434 g/mol. The lowest BCUT2D eigenvalue weighted by Crippen LogP contribution is -2.29. The summed E-state index contributed by atoms with van der Waals surface area (Å²) in [5.41, 5.74) is 9.45. The molecule has 1 aliphatic heterocycles. The highest BCUT2D eigenvalue weighted by molar-refractivity contribution is 6.30. The minimum Gasteiger partial charge on any atom is -0.495 e. The highest BCUT2D eigenvalue weighted by atomic mass is 35.5. The quantitative estimate of drug-likeness (QED) is 0.478. The zero-order chi connectivity index (χ0) is 21.8. The van der Waals surface area contributed by atoms with Crippen LogP contribution < -0.4 is 20.7 Å². The van der Waals surface area contributed by atoms with E-state index in [0.717, 1.165) is 28.1 Å². The number of nitrogen functional groups attached to an aromatic ring is 1. The summed E-state index contributed by atoms with van der Waals surface area (Å²) in [6.45, 7) is 5.94. The molecule has 0 aliphatic carbocycles. The molecule has 3 N–H and O–H groups in total. The fourth-order valence-electron chi connectivity index (χ4n) is 3.79. The number of anilines is 2. The molecule has 1 aliphatic rings. The maximum absolute atomic E-state index is 12.4. The van der Waals surface area contributed by atoms with Gasteiger partial charge in [0.05, 0.1) is 19.4 Å². The number of carbonyl (C=O) groups excluding carboxylic acids is 1. The molecule has 1 amide bonds. The van der Waals surface area contributed by atoms with Crippen LogP contribution in [-0.2, 0) is 16.1 Å². The van der Waals surface area contributed by atoms with Crippen LogP contribution in [0.4, 0.5) is 11.8 Å². The van der Waals surface area contributed by atoms with Crippen LogP contribution in [0.3, 0.4) is 0 Å². The van der Waals surface area contributed by atoms with Crippen LogP contribution in [-0.4, -0.2) is 54.8 Å². The lowest BCUT2D eigenvalue weighted by atomic mass is 10.00. The molecule has 0 saturated heterocycles. The van der Waals surface area contributed by atoms with Crippen molar-refractivity contribution < 1.29 is 14.3 Å². The third-order valence-electron chi connectivity index (χ3n) is 5.24. The van der Waals surface area contributed by atoms with Crippen LogP contribution in [0.25, 0.3) is 0 Å². The van der Waals surface area contributed by atoms with Gasteiger partial charge in [0.15, 0.2) is 0 Å². The molecule has 0 aromatic carbocycles. The van der Waals surface area contributed by atoms with Crippen molar-refractivity contribution in [3.63, 3.8) is 0 Å². The highest BCUT2D eigenvalue weighted by Gasteiger charge is 2.35. The number of ether oxygens (including phenoxy) is 2. The number of pyridine rings is 1. The Morgan fingerprint density at radius 1 is 1.37 bits per heavy atom. The van der Waals surface area contributed by atoms with E-state index in [-0.39, 0.29) is 29.3 Å². The van der Waals surface area contributed by atoms with E-state index in [1.165, 1.54) is 0 Å². The van der Waals surface area contributed by atoms with Crippen molar-refractivity contribution in [2.75, 3.05) is 44.5 Å². The lowest BCUT2D eigenvalue weighted by Gasteiger charge is -2.21. The Morgan fingerprint density at radius 2 is 2.13 bits per heavy atom. The Balaban J connectivity index is 1.86. The van der Waals surface area contributed by atoms with Crippen molar-refractivity contribution >= 4 is 29.3 Å². The summed E-state index contributed by atoms with van der Waals surface area (Å²) in [5.74, 6) is 1.30. The maximum atomic E-state index is 12.4. The van der Waals surface area contributed by atoms with Crippen LogP contribution in [0.1, 0.15) is 34.7 Å². The Bertz CT molecular complexity index is 939. The number of nitrogens with one attached hydrogen (secondary N) is 1. The normalized spacial score (nSPS) is 15.2. The first kappa shape index (κ1) is 22.0. The molecule has 162 valence electrons. The van der Waals surface area contributed by atoms with Crippen molar-refractivity contribution in [3.05, 3.63) is 33.7 Å². The Kier molecular flexibility index (Phi) is 6.94. The molecule has 9 nitrogen and oxygen atoms in total. The number of fused-ring (bicyclic) bond motifs is 1. The first-order valence-electron chi connectivity index (χ1n) is 9.68. The molecule has 0 radical (unpaired) electrons. The maximum Gasteiger partial charge on any atom is 0.223 e. The standard InChI is InChI=1S/C20H27ClN6O3/c1-11-14(8-24-12(2)17(11)30-4)10-27-9-13(7-15(28)23-5-6-29-3)16-18(21)25-20(22)26-19(16)27/h8,13H,5-7,9-10H2,1-4H3,(H,23,28)(H2,22,25,26). The topological polar surface area (TPSA) is 115 Å². The van der Waals surface area contributed by atoms with Gasteiger partial charge < -0.3 is 25.4 Å². The van der Waals surface area contributed by atoms with E-state index in [1.54, 1.807) is 14.2 Å². The van der Waals surface area contributed by atoms with Gasteiger partial charge in [-0.1, -0.05) is 11.6 Å².